The van der Waals surface area contributed by atoms with Gasteiger partial charge in [0, 0.05) is 12.0 Å². The van der Waals surface area contributed by atoms with Crippen LogP contribution in [0.5, 0.6) is 0 Å². The van der Waals surface area contributed by atoms with Crippen molar-refractivity contribution in [3.8, 4) is 0 Å². The van der Waals surface area contributed by atoms with Crippen LogP contribution >= 0.6 is 0 Å². The molecule has 2 N–H and O–H groups in total. The van der Waals surface area contributed by atoms with Gasteiger partial charge in [-0.25, -0.2) is 9.89 Å². The molecule has 0 spiro atoms. The van der Waals surface area contributed by atoms with Crippen LogP contribution in [-0.2, 0) is 28.0 Å². The SMILES string of the molecule is C[C@@H](OC[C@]1(c2ccccc2)CC[C@](CCO)(n2cn[nH]c2=O)CC1)c1cc(C(F)(F)F)cc(C(F)(F)F)c1. The summed E-state index contributed by atoms with van der Waals surface area (Å²) in [6.07, 6.45) is -7.30. The van der Waals surface area contributed by atoms with Gasteiger partial charge in [-0.2, -0.15) is 31.4 Å². The minimum atomic E-state index is -4.95. The Morgan fingerprint density at radius 2 is 1.59 bits per heavy atom. The van der Waals surface area contributed by atoms with Crippen LogP contribution in [0.15, 0.2) is 59.7 Å². The molecule has 1 aromatic heterocycles. The number of aromatic nitrogens is 3. The Kier molecular flexibility index (Phi) is 8.00. The summed E-state index contributed by atoms with van der Waals surface area (Å²) in [6.45, 7) is 1.31. The molecule has 1 heterocycles. The Labute approximate surface area is 220 Å². The zero-order chi connectivity index (χ0) is 28.5. The van der Waals surface area contributed by atoms with E-state index in [1.165, 1.54) is 17.8 Å². The second kappa shape index (κ2) is 10.8. The van der Waals surface area contributed by atoms with Crippen molar-refractivity contribution in [3.63, 3.8) is 0 Å². The van der Waals surface area contributed by atoms with Gasteiger partial charge in [0.2, 0.25) is 0 Å². The van der Waals surface area contributed by atoms with Crippen LogP contribution in [0.25, 0.3) is 0 Å². The van der Waals surface area contributed by atoms with Crippen LogP contribution in [0.3, 0.4) is 0 Å². The third-order valence-electron chi connectivity index (χ3n) is 7.85. The van der Waals surface area contributed by atoms with E-state index < -0.39 is 46.2 Å². The molecule has 1 atom stereocenters. The molecule has 0 saturated heterocycles. The molecule has 0 amide bonds. The summed E-state index contributed by atoms with van der Waals surface area (Å²) in [6, 6.07) is 10.8. The highest BCUT2D eigenvalue weighted by Crippen LogP contribution is 2.48. The van der Waals surface area contributed by atoms with Crippen molar-refractivity contribution in [3.05, 3.63) is 87.6 Å². The van der Waals surface area contributed by atoms with Crippen molar-refractivity contribution in [1.29, 1.82) is 0 Å². The maximum atomic E-state index is 13.4. The van der Waals surface area contributed by atoms with Crippen molar-refractivity contribution in [2.45, 2.75) is 68.4 Å². The van der Waals surface area contributed by atoms with E-state index >= 15 is 0 Å². The Hall–Kier alpha value is -3.12. The molecule has 3 aromatic rings. The predicted molar refractivity (Wildman–Crippen MR) is 130 cm³/mol. The Balaban J connectivity index is 1.63. The first-order valence-electron chi connectivity index (χ1n) is 12.5. The maximum Gasteiger partial charge on any atom is 0.416 e. The van der Waals surface area contributed by atoms with Gasteiger partial charge in [0.15, 0.2) is 0 Å². The summed E-state index contributed by atoms with van der Waals surface area (Å²) >= 11 is 0. The number of aliphatic hydroxyl groups is 1. The maximum absolute atomic E-state index is 13.4. The molecule has 1 saturated carbocycles. The summed E-state index contributed by atoms with van der Waals surface area (Å²) in [5, 5.41) is 16.0. The van der Waals surface area contributed by atoms with E-state index in [2.05, 4.69) is 10.2 Å². The van der Waals surface area contributed by atoms with Gasteiger partial charge < -0.3 is 9.84 Å². The lowest BCUT2D eigenvalue weighted by Crippen LogP contribution is -2.48. The number of aliphatic hydroxyl groups excluding tert-OH is 1. The third-order valence-corrected chi connectivity index (χ3v) is 7.85. The van der Waals surface area contributed by atoms with Crippen molar-refractivity contribution < 1.29 is 36.2 Å². The van der Waals surface area contributed by atoms with Crippen LogP contribution in [0.4, 0.5) is 26.3 Å². The molecule has 4 rings (SSSR count). The summed E-state index contributed by atoms with van der Waals surface area (Å²) < 4.78 is 87.8. The van der Waals surface area contributed by atoms with Gasteiger partial charge in [-0.3, -0.25) is 4.57 Å². The lowest BCUT2D eigenvalue weighted by Gasteiger charge is -2.47. The molecule has 2 aromatic carbocycles. The summed E-state index contributed by atoms with van der Waals surface area (Å²) in [5.41, 5.74) is -3.80. The fourth-order valence-corrected chi connectivity index (χ4v) is 5.50. The molecule has 1 aliphatic carbocycles. The topological polar surface area (TPSA) is 80.1 Å². The van der Waals surface area contributed by atoms with E-state index in [-0.39, 0.29) is 24.8 Å². The monoisotopic (exact) mass is 557 g/mol. The van der Waals surface area contributed by atoms with Gasteiger partial charge in [-0.05, 0) is 68.4 Å². The Morgan fingerprint density at radius 1 is 1.00 bits per heavy atom. The van der Waals surface area contributed by atoms with Crippen LogP contribution in [0.1, 0.15) is 67.4 Å². The van der Waals surface area contributed by atoms with Crippen molar-refractivity contribution in [2.75, 3.05) is 13.2 Å². The lowest BCUT2D eigenvalue weighted by molar-refractivity contribution is -0.143. The van der Waals surface area contributed by atoms with E-state index in [0.717, 1.165) is 5.56 Å². The number of alkyl halides is 6. The fraction of sp³-hybridized carbons (Fsp3) is 0.481. The van der Waals surface area contributed by atoms with Gasteiger partial charge in [0.05, 0.1) is 29.4 Å². The zero-order valence-electron chi connectivity index (χ0n) is 21.1. The number of hydrogen-bond donors (Lipinski definition) is 2. The molecular formula is C27H29F6N3O3. The summed E-state index contributed by atoms with van der Waals surface area (Å²) in [5.74, 6) is 0. The first-order valence-corrected chi connectivity index (χ1v) is 12.5. The van der Waals surface area contributed by atoms with Gasteiger partial charge in [-0.1, -0.05) is 30.3 Å². The van der Waals surface area contributed by atoms with Gasteiger partial charge >= 0.3 is 18.0 Å². The van der Waals surface area contributed by atoms with Gasteiger partial charge in [-0.15, -0.1) is 0 Å². The van der Waals surface area contributed by atoms with Gasteiger partial charge in [0.1, 0.15) is 6.33 Å². The average molecular weight is 558 g/mol. The normalized spacial score (nSPS) is 23.1. The van der Waals surface area contributed by atoms with E-state index in [9.17, 15) is 36.2 Å². The molecule has 0 radical (unpaired) electrons. The number of rotatable bonds is 8. The van der Waals surface area contributed by atoms with Crippen LogP contribution in [0.2, 0.25) is 0 Å². The van der Waals surface area contributed by atoms with E-state index in [0.29, 0.717) is 44.2 Å². The fourth-order valence-electron chi connectivity index (χ4n) is 5.50. The molecule has 1 aliphatic rings. The van der Waals surface area contributed by atoms with E-state index in [1.54, 1.807) is 0 Å². The third kappa shape index (κ3) is 6.06. The molecule has 39 heavy (non-hydrogen) atoms. The summed E-state index contributed by atoms with van der Waals surface area (Å²) in [7, 11) is 0. The summed E-state index contributed by atoms with van der Waals surface area (Å²) in [4.78, 5) is 12.4. The highest BCUT2D eigenvalue weighted by molar-refractivity contribution is 5.35. The molecule has 0 unspecified atom stereocenters. The smallest absolute Gasteiger partial charge is 0.396 e. The van der Waals surface area contributed by atoms with E-state index in [4.69, 9.17) is 4.74 Å². The second-order valence-electron chi connectivity index (χ2n) is 10.2. The molecule has 6 nitrogen and oxygen atoms in total. The second-order valence-corrected chi connectivity index (χ2v) is 10.2. The van der Waals surface area contributed by atoms with Crippen LogP contribution in [0, 0.1) is 0 Å². The number of aromatic amines is 1. The number of halogens is 6. The number of nitrogens with zero attached hydrogens (tertiary/aromatic N) is 2. The molecule has 12 heteroatoms. The van der Waals surface area contributed by atoms with Crippen molar-refractivity contribution in [1.82, 2.24) is 14.8 Å². The number of nitrogens with one attached hydrogen (secondary N) is 1. The molecule has 1 fully saturated rings. The first-order chi connectivity index (χ1) is 18.3. The zero-order valence-corrected chi connectivity index (χ0v) is 21.1. The minimum absolute atomic E-state index is 0.0330. The molecule has 0 bridgehead atoms. The Bertz CT molecular complexity index is 1280. The van der Waals surface area contributed by atoms with Crippen molar-refractivity contribution in [2.24, 2.45) is 0 Å². The predicted octanol–water partition coefficient (Wildman–Crippen LogP) is 5.98. The van der Waals surface area contributed by atoms with E-state index in [1.807, 2.05) is 30.3 Å². The van der Waals surface area contributed by atoms with Crippen LogP contribution in [-0.4, -0.2) is 33.1 Å². The number of benzene rings is 2. The quantitative estimate of drug-likeness (QED) is 0.334. The molecule has 0 aliphatic heterocycles. The largest absolute Gasteiger partial charge is 0.416 e. The van der Waals surface area contributed by atoms with Gasteiger partial charge in [0.25, 0.3) is 0 Å². The standard InChI is InChI=1S/C27H29F6N3O3/c1-18(19-13-21(26(28,29)30)15-22(14-19)27(31,32)33)39-16-24(20-5-3-2-4-6-20)7-9-25(10-8-24,11-12-37)36-17-34-35-23(36)38/h2-6,13-15,17-18,37H,7-12,16H2,1H3,(H,35,38)/t18-,24-,25-/m1/s1. The average Bonchev–Trinajstić information content (AvgIpc) is 3.34. The highest BCUT2D eigenvalue weighted by atomic mass is 19.4. The number of hydrogen-bond acceptors (Lipinski definition) is 4. The first kappa shape index (κ1) is 28.9. The lowest BCUT2D eigenvalue weighted by atomic mass is 9.63. The number of H-pyrrole nitrogens is 1. The highest BCUT2D eigenvalue weighted by Gasteiger charge is 2.46. The minimum Gasteiger partial charge on any atom is -0.396 e. The number of ether oxygens (including phenoxy) is 1. The molecular weight excluding hydrogens is 528 g/mol. The Morgan fingerprint density at radius 3 is 2.08 bits per heavy atom. The van der Waals surface area contributed by atoms with Crippen LogP contribution < -0.4 is 5.69 Å². The van der Waals surface area contributed by atoms with Crippen molar-refractivity contribution >= 4 is 0 Å². The molecule has 212 valence electrons.